The van der Waals surface area contributed by atoms with Crippen LogP contribution in [0.15, 0.2) is 6.20 Å². The van der Waals surface area contributed by atoms with Crippen molar-refractivity contribution in [3.05, 3.63) is 11.1 Å². The number of carbonyl (C=O) groups is 2. The maximum atomic E-state index is 11.9. The number of aliphatic carboxylic acids is 1. The zero-order valence-corrected chi connectivity index (χ0v) is 9.31. The molecule has 1 N–H and O–H groups in total. The summed E-state index contributed by atoms with van der Waals surface area (Å²) in [6.45, 7) is 0.895. The molecule has 0 aliphatic carbocycles. The summed E-state index contributed by atoms with van der Waals surface area (Å²) >= 11 is 1.03. The maximum Gasteiger partial charge on any atom is 0.308 e. The van der Waals surface area contributed by atoms with Crippen molar-refractivity contribution >= 4 is 23.4 Å². The lowest BCUT2D eigenvalue weighted by atomic mass is 9.98. The van der Waals surface area contributed by atoms with Gasteiger partial charge in [-0.25, -0.2) is 0 Å². The van der Waals surface area contributed by atoms with E-state index >= 15 is 0 Å². The maximum absolute atomic E-state index is 11.9. The van der Waals surface area contributed by atoms with Crippen LogP contribution in [0.25, 0.3) is 0 Å². The second-order valence-corrected chi connectivity index (χ2v) is 4.50. The van der Waals surface area contributed by atoms with Crippen LogP contribution < -0.4 is 0 Å². The zero-order chi connectivity index (χ0) is 11.5. The van der Waals surface area contributed by atoms with E-state index in [2.05, 4.69) is 9.59 Å². The second kappa shape index (κ2) is 4.56. The summed E-state index contributed by atoms with van der Waals surface area (Å²) in [6, 6.07) is 0. The number of amides is 1. The highest BCUT2D eigenvalue weighted by Gasteiger charge is 2.29. The first-order valence-corrected chi connectivity index (χ1v) is 5.75. The summed E-state index contributed by atoms with van der Waals surface area (Å²) in [7, 11) is 0. The minimum absolute atomic E-state index is 0.166. The van der Waals surface area contributed by atoms with Crippen LogP contribution in [0.3, 0.4) is 0 Å². The second-order valence-electron chi connectivity index (χ2n) is 3.71. The highest BCUT2D eigenvalue weighted by atomic mass is 32.1. The largest absolute Gasteiger partial charge is 0.481 e. The van der Waals surface area contributed by atoms with E-state index in [1.165, 1.54) is 6.20 Å². The fraction of sp³-hybridized carbons (Fsp3) is 0.556. The van der Waals surface area contributed by atoms with Crippen LogP contribution >= 0.6 is 11.5 Å². The summed E-state index contributed by atoms with van der Waals surface area (Å²) in [5, 5.41) is 12.5. The number of carboxylic acids is 1. The van der Waals surface area contributed by atoms with Crippen LogP contribution in [0.5, 0.6) is 0 Å². The lowest BCUT2D eigenvalue weighted by molar-refractivity contribution is -0.143. The van der Waals surface area contributed by atoms with Gasteiger partial charge < -0.3 is 10.0 Å². The van der Waals surface area contributed by atoms with Crippen LogP contribution in [0.2, 0.25) is 0 Å². The van der Waals surface area contributed by atoms with Gasteiger partial charge in [-0.2, -0.15) is 0 Å². The van der Waals surface area contributed by atoms with Crippen LogP contribution in [0, 0.1) is 5.92 Å². The molecule has 0 radical (unpaired) electrons. The molecule has 1 aliphatic heterocycles. The third kappa shape index (κ3) is 2.19. The topological polar surface area (TPSA) is 83.4 Å². The Morgan fingerprint density at radius 2 is 2.38 bits per heavy atom. The molecule has 0 bridgehead atoms. The van der Waals surface area contributed by atoms with Crippen LogP contribution in [0.1, 0.15) is 22.5 Å². The van der Waals surface area contributed by atoms with Crippen molar-refractivity contribution in [3.63, 3.8) is 0 Å². The Labute approximate surface area is 96.0 Å². The van der Waals surface area contributed by atoms with Crippen molar-refractivity contribution in [1.82, 2.24) is 14.5 Å². The quantitative estimate of drug-likeness (QED) is 0.814. The Morgan fingerprint density at radius 3 is 3.00 bits per heavy atom. The van der Waals surface area contributed by atoms with Gasteiger partial charge in [-0.3, -0.25) is 9.59 Å². The molecule has 1 fully saturated rings. The van der Waals surface area contributed by atoms with Crippen molar-refractivity contribution in [1.29, 1.82) is 0 Å². The lowest BCUT2D eigenvalue weighted by Crippen LogP contribution is -2.42. The van der Waals surface area contributed by atoms with Crippen LogP contribution in [0.4, 0.5) is 0 Å². The summed E-state index contributed by atoms with van der Waals surface area (Å²) in [5.74, 6) is -1.44. The SMILES string of the molecule is O=C(O)[C@@H]1CCCN(C(=O)c2cnns2)C1. The average Bonchev–Trinajstić information content (AvgIpc) is 2.81. The van der Waals surface area contributed by atoms with E-state index in [9.17, 15) is 9.59 Å². The fourth-order valence-corrected chi connectivity index (χ4v) is 2.26. The first-order chi connectivity index (χ1) is 7.68. The van der Waals surface area contributed by atoms with Gasteiger partial charge in [0.2, 0.25) is 0 Å². The van der Waals surface area contributed by atoms with Gasteiger partial charge in [0.05, 0.1) is 12.1 Å². The molecule has 0 aromatic carbocycles. The Bertz CT molecular complexity index is 393. The number of carbonyl (C=O) groups excluding carboxylic acids is 1. The highest BCUT2D eigenvalue weighted by Crippen LogP contribution is 2.19. The normalized spacial score (nSPS) is 20.8. The van der Waals surface area contributed by atoms with Crippen LogP contribution in [-0.4, -0.2) is 44.6 Å². The standard InChI is InChI=1S/C9H11N3O3S/c13-8(7-4-10-11-16-7)12-3-1-2-6(5-12)9(14)15/h4,6H,1-3,5H2,(H,14,15)/t6-/m1/s1. The zero-order valence-electron chi connectivity index (χ0n) is 8.50. The number of nitrogens with zero attached hydrogens (tertiary/aromatic N) is 3. The molecule has 1 aromatic heterocycles. The summed E-state index contributed by atoms with van der Waals surface area (Å²) < 4.78 is 3.62. The summed E-state index contributed by atoms with van der Waals surface area (Å²) in [4.78, 5) is 24.8. The molecule has 0 unspecified atom stereocenters. The summed E-state index contributed by atoms with van der Waals surface area (Å²) in [5.41, 5.74) is 0. The number of piperidine rings is 1. The molecular formula is C9H11N3O3S. The molecule has 7 heteroatoms. The fourth-order valence-electron chi connectivity index (χ4n) is 1.78. The molecule has 2 heterocycles. The smallest absolute Gasteiger partial charge is 0.308 e. The summed E-state index contributed by atoms with van der Waals surface area (Å²) in [6.07, 6.45) is 2.78. The van der Waals surface area contributed by atoms with Gasteiger partial charge in [-0.15, -0.1) is 5.10 Å². The molecule has 0 spiro atoms. The van der Waals surface area contributed by atoms with Gasteiger partial charge in [0.25, 0.3) is 5.91 Å². The molecule has 1 aliphatic rings. The Kier molecular flexibility index (Phi) is 3.14. The van der Waals surface area contributed by atoms with Gasteiger partial charge in [-0.1, -0.05) is 4.49 Å². The predicted octanol–water partition coefficient (Wildman–Crippen LogP) is 0.475. The van der Waals surface area contributed by atoms with E-state index in [1.54, 1.807) is 4.90 Å². The number of hydrogen-bond acceptors (Lipinski definition) is 5. The minimum Gasteiger partial charge on any atom is -0.481 e. The van der Waals surface area contributed by atoms with Gasteiger partial charge >= 0.3 is 5.97 Å². The first-order valence-electron chi connectivity index (χ1n) is 4.98. The number of hydrogen-bond donors (Lipinski definition) is 1. The van der Waals surface area contributed by atoms with Gasteiger partial charge in [0, 0.05) is 13.1 Å². The average molecular weight is 241 g/mol. The Hall–Kier alpha value is -1.50. The number of rotatable bonds is 2. The Balaban J connectivity index is 2.05. The van der Waals surface area contributed by atoms with Gasteiger partial charge in [-0.05, 0) is 24.4 Å². The van der Waals surface area contributed by atoms with E-state index in [0.717, 1.165) is 18.0 Å². The first kappa shape index (κ1) is 11.0. The molecule has 1 saturated heterocycles. The van der Waals surface area contributed by atoms with Crippen molar-refractivity contribution in [2.45, 2.75) is 12.8 Å². The predicted molar refractivity (Wildman–Crippen MR) is 56.2 cm³/mol. The molecule has 0 saturated carbocycles. The van der Waals surface area contributed by atoms with Crippen LogP contribution in [-0.2, 0) is 4.79 Å². The van der Waals surface area contributed by atoms with E-state index in [4.69, 9.17) is 5.11 Å². The minimum atomic E-state index is -0.833. The third-order valence-electron chi connectivity index (χ3n) is 2.63. The molecule has 6 nitrogen and oxygen atoms in total. The number of aromatic nitrogens is 2. The molecule has 16 heavy (non-hydrogen) atoms. The molecule has 2 rings (SSSR count). The van der Waals surface area contributed by atoms with Crippen molar-refractivity contribution in [2.24, 2.45) is 5.92 Å². The number of likely N-dealkylation sites (tertiary alicyclic amines) is 1. The molecule has 86 valence electrons. The van der Waals surface area contributed by atoms with Crippen molar-refractivity contribution < 1.29 is 14.7 Å². The van der Waals surface area contributed by atoms with E-state index in [0.29, 0.717) is 17.8 Å². The molecule has 1 amide bonds. The van der Waals surface area contributed by atoms with Gasteiger partial charge in [0.1, 0.15) is 4.88 Å². The van der Waals surface area contributed by atoms with E-state index in [1.807, 2.05) is 0 Å². The monoisotopic (exact) mass is 241 g/mol. The lowest BCUT2D eigenvalue weighted by Gasteiger charge is -2.30. The molecular weight excluding hydrogens is 230 g/mol. The van der Waals surface area contributed by atoms with E-state index < -0.39 is 11.9 Å². The van der Waals surface area contributed by atoms with Crippen molar-refractivity contribution in [3.8, 4) is 0 Å². The highest BCUT2D eigenvalue weighted by molar-refractivity contribution is 7.07. The Morgan fingerprint density at radius 1 is 1.56 bits per heavy atom. The number of carboxylic acid groups (broad SMARTS) is 1. The molecule has 1 atom stereocenters. The van der Waals surface area contributed by atoms with E-state index in [-0.39, 0.29) is 12.5 Å². The van der Waals surface area contributed by atoms with Crippen molar-refractivity contribution in [2.75, 3.05) is 13.1 Å². The third-order valence-corrected chi connectivity index (χ3v) is 3.28. The molecule has 1 aromatic rings. The van der Waals surface area contributed by atoms with Gasteiger partial charge in [0.15, 0.2) is 0 Å².